The predicted molar refractivity (Wildman–Crippen MR) is 43.3 cm³/mol. The lowest BCUT2D eigenvalue weighted by atomic mass is 10.2. The quantitative estimate of drug-likeness (QED) is 0.614. The van der Waals surface area contributed by atoms with Crippen molar-refractivity contribution in [1.29, 1.82) is 0 Å². The summed E-state index contributed by atoms with van der Waals surface area (Å²) < 4.78 is 11.0. The van der Waals surface area contributed by atoms with E-state index < -0.39 is 5.79 Å². The summed E-state index contributed by atoms with van der Waals surface area (Å²) >= 11 is 3.38. The Labute approximate surface area is 70.0 Å². The van der Waals surface area contributed by atoms with Gasteiger partial charge in [-0.15, -0.1) is 0 Å². The Balaban J connectivity index is 2.57. The Hall–Kier alpha value is 0.400. The van der Waals surface area contributed by atoms with Gasteiger partial charge in [0, 0.05) is 5.33 Å². The van der Waals surface area contributed by atoms with Crippen molar-refractivity contribution in [2.24, 2.45) is 0 Å². The van der Waals surface area contributed by atoms with E-state index in [4.69, 9.17) is 9.47 Å². The molecule has 0 unspecified atom stereocenters. The van der Waals surface area contributed by atoms with E-state index in [1.165, 1.54) is 0 Å². The average Bonchev–Trinajstić information content (AvgIpc) is 2.08. The van der Waals surface area contributed by atoms with Gasteiger partial charge in [-0.1, -0.05) is 15.9 Å². The van der Waals surface area contributed by atoms with Crippen LogP contribution in [0.15, 0.2) is 0 Å². The fourth-order valence-electron chi connectivity index (χ4n) is 1.04. The molecule has 0 bridgehead atoms. The molecule has 0 saturated carbocycles. The number of hydrogen-bond donors (Lipinski definition) is 0. The van der Waals surface area contributed by atoms with Gasteiger partial charge in [0.2, 0.25) is 0 Å². The van der Waals surface area contributed by atoms with E-state index in [1.807, 2.05) is 20.8 Å². The van der Waals surface area contributed by atoms with Gasteiger partial charge in [-0.2, -0.15) is 0 Å². The summed E-state index contributed by atoms with van der Waals surface area (Å²) in [5.74, 6) is -0.400. The molecule has 2 nitrogen and oxygen atoms in total. The van der Waals surface area contributed by atoms with Crippen molar-refractivity contribution >= 4 is 15.9 Å². The predicted octanol–water partition coefficient (Wildman–Crippen LogP) is 1.92. The Morgan fingerprint density at radius 1 is 1.40 bits per heavy atom. The number of hydrogen-bond acceptors (Lipinski definition) is 2. The Morgan fingerprint density at radius 2 is 2.00 bits per heavy atom. The summed E-state index contributed by atoms with van der Waals surface area (Å²) in [5, 5.41) is 0.823. The first-order chi connectivity index (χ1) is 4.47. The molecule has 0 spiro atoms. The molecule has 1 heterocycles. The molecule has 0 aromatic rings. The normalized spacial score (nSPS) is 38.4. The molecule has 0 aromatic carbocycles. The van der Waals surface area contributed by atoms with E-state index in [0.717, 1.165) is 5.33 Å². The topological polar surface area (TPSA) is 18.5 Å². The van der Waals surface area contributed by atoms with Gasteiger partial charge in [-0.05, 0) is 20.8 Å². The second-order valence-electron chi connectivity index (χ2n) is 3.37. The average molecular weight is 209 g/mol. The van der Waals surface area contributed by atoms with Crippen LogP contribution in [-0.2, 0) is 9.47 Å². The second kappa shape index (κ2) is 2.47. The minimum Gasteiger partial charge on any atom is -0.347 e. The summed E-state index contributed by atoms with van der Waals surface area (Å²) in [5.41, 5.74) is -0.135. The molecule has 0 amide bonds. The monoisotopic (exact) mass is 208 g/mol. The molecule has 1 rings (SSSR count). The first-order valence-corrected chi connectivity index (χ1v) is 4.50. The number of rotatable bonds is 1. The van der Waals surface area contributed by atoms with Crippen LogP contribution in [0.4, 0.5) is 0 Å². The molecule has 1 aliphatic heterocycles. The lowest BCUT2D eigenvalue weighted by Gasteiger charge is -2.22. The summed E-state index contributed by atoms with van der Waals surface area (Å²) in [6.45, 7) is 6.57. The maximum atomic E-state index is 5.62. The van der Waals surface area contributed by atoms with Crippen molar-refractivity contribution in [2.45, 2.75) is 32.2 Å². The SMILES string of the molecule is CC1(C)OC[C@@](C)(CBr)O1. The first kappa shape index (κ1) is 8.50. The lowest BCUT2D eigenvalue weighted by Crippen LogP contribution is -2.32. The minimum atomic E-state index is -0.400. The molecule has 0 N–H and O–H groups in total. The highest BCUT2D eigenvalue weighted by Gasteiger charge is 2.40. The fraction of sp³-hybridized carbons (Fsp3) is 1.00. The first-order valence-electron chi connectivity index (χ1n) is 3.38. The lowest BCUT2D eigenvalue weighted by molar-refractivity contribution is -0.152. The van der Waals surface area contributed by atoms with Crippen LogP contribution in [0.2, 0.25) is 0 Å². The largest absolute Gasteiger partial charge is 0.347 e. The van der Waals surface area contributed by atoms with Gasteiger partial charge in [-0.3, -0.25) is 0 Å². The van der Waals surface area contributed by atoms with Crippen molar-refractivity contribution in [2.75, 3.05) is 11.9 Å². The van der Waals surface area contributed by atoms with E-state index in [-0.39, 0.29) is 5.60 Å². The van der Waals surface area contributed by atoms with Crippen LogP contribution in [0.1, 0.15) is 20.8 Å². The molecule has 1 atom stereocenters. The number of ether oxygens (including phenoxy) is 2. The van der Waals surface area contributed by atoms with Crippen LogP contribution in [-0.4, -0.2) is 23.3 Å². The van der Waals surface area contributed by atoms with Crippen molar-refractivity contribution < 1.29 is 9.47 Å². The van der Waals surface area contributed by atoms with Crippen molar-refractivity contribution in [1.82, 2.24) is 0 Å². The number of halogens is 1. The highest BCUT2D eigenvalue weighted by molar-refractivity contribution is 9.09. The van der Waals surface area contributed by atoms with Gasteiger partial charge in [0.1, 0.15) is 5.60 Å². The minimum absolute atomic E-state index is 0.135. The zero-order chi connectivity index (χ0) is 7.83. The number of alkyl halides is 1. The van der Waals surface area contributed by atoms with E-state index in [2.05, 4.69) is 15.9 Å². The molecule has 0 radical (unpaired) electrons. The molecule has 1 saturated heterocycles. The molecular weight excluding hydrogens is 196 g/mol. The maximum Gasteiger partial charge on any atom is 0.163 e. The maximum absolute atomic E-state index is 5.62. The molecule has 3 heteroatoms. The summed E-state index contributed by atoms with van der Waals surface area (Å²) in [7, 11) is 0. The molecule has 0 aliphatic carbocycles. The van der Waals surface area contributed by atoms with Crippen LogP contribution in [0.25, 0.3) is 0 Å². The third-order valence-electron chi connectivity index (χ3n) is 1.50. The van der Waals surface area contributed by atoms with Crippen LogP contribution in [0.5, 0.6) is 0 Å². The van der Waals surface area contributed by atoms with Crippen LogP contribution in [0.3, 0.4) is 0 Å². The van der Waals surface area contributed by atoms with E-state index >= 15 is 0 Å². The van der Waals surface area contributed by atoms with Crippen molar-refractivity contribution in [3.05, 3.63) is 0 Å². The van der Waals surface area contributed by atoms with Gasteiger partial charge in [-0.25, -0.2) is 0 Å². The molecular formula is C7H13BrO2. The second-order valence-corrected chi connectivity index (χ2v) is 3.93. The van der Waals surface area contributed by atoms with Gasteiger partial charge < -0.3 is 9.47 Å². The standard InChI is InChI=1S/C7H13BrO2/c1-6(2)9-5-7(3,4-8)10-6/h4-5H2,1-3H3/t7-/m1/s1. The van der Waals surface area contributed by atoms with Gasteiger partial charge in [0.05, 0.1) is 6.61 Å². The smallest absolute Gasteiger partial charge is 0.163 e. The van der Waals surface area contributed by atoms with Crippen LogP contribution >= 0.6 is 15.9 Å². The third-order valence-corrected chi connectivity index (χ3v) is 2.69. The van der Waals surface area contributed by atoms with Crippen LogP contribution in [0, 0.1) is 0 Å². The third kappa shape index (κ3) is 1.71. The highest BCUT2D eigenvalue weighted by atomic mass is 79.9. The van der Waals surface area contributed by atoms with Crippen LogP contribution < -0.4 is 0 Å². The molecule has 0 aromatic heterocycles. The fourth-order valence-corrected chi connectivity index (χ4v) is 1.32. The molecule has 1 fully saturated rings. The van der Waals surface area contributed by atoms with Gasteiger partial charge in [0.15, 0.2) is 5.79 Å². The Morgan fingerprint density at radius 3 is 2.20 bits per heavy atom. The summed E-state index contributed by atoms with van der Waals surface area (Å²) in [4.78, 5) is 0. The van der Waals surface area contributed by atoms with E-state index in [1.54, 1.807) is 0 Å². The van der Waals surface area contributed by atoms with Gasteiger partial charge >= 0.3 is 0 Å². The summed E-state index contributed by atoms with van der Waals surface area (Å²) in [6, 6.07) is 0. The van der Waals surface area contributed by atoms with E-state index in [0.29, 0.717) is 6.61 Å². The molecule has 10 heavy (non-hydrogen) atoms. The Kier molecular flexibility index (Phi) is 2.10. The van der Waals surface area contributed by atoms with Crippen molar-refractivity contribution in [3.8, 4) is 0 Å². The highest BCUT2D eigenvalue weighted by Crippen LogP contribution is 2.31. The summed E-state index contributed by atoms with van der Waals surface area (Å²) in [6.07, 6.45) is 0. The zero-order valence-electron chi connectivity index (χ0n) is 6.61. The zero-order valence-corrected chi connectivity index (χ0v) is 8.19. The van der Waals surface area contributed by atoms with Gasteiger partial charge in [0.25, 0.3) is 0 Å². The van der Waals surface area contributed by atoms with Crippen molar-refractivity contribution in [3.63, 3.8) is 0 Å². The van der Waals surface area contributed by atoms with E-state index in [9.17, 15) is 0 Å². The molecule has 1 aliphatic rings. The Bertz CT molecular complexity index is 136. The molecule has 60 valence electrons.